The Balaban J connectivity index is 1.49. The van der Waals surface area contributed by atoms with E-state index in [9.17, 15) is 22.8 Å². The van der Waals surface area contributed by atoms with Crippen LogP contribution >= 0.6 is 0 Å². The van der Waals surface area contributed by atoms with Gasteiger partial charge < -0.3 is 19.1 Å². The molecular weight excluding hydrogens is 677 g/mol. The number of pyridine rings is 1. The number of fused-ring (bicyclic) bond motifs is 2. The molecule has 3 aromatic rings. The van der Waals surface area contributed by atoms with E-state index in [0.29, 0.717) is 42.2 Å². The lowest BCUT2D eigenvalue weighted by Gasteiger charge is -2.29. The molecule has 15 heteroatoms. The molecule has 6 rings (SSSR count). The summed E-state index contributed by atoms with van der Waals surface area (Å²) in [7, 11) is 0. The molecule has 10 nitrogen and oxygen atoms in total. The molecular formula is C36H42F5N5O5. The summed E-state index contributed by atoms with van der Waals surface area (Å²) in [6.07, 6.45) is -3.69. The van der Waals surface area contributed by atoms with E-state index in [2.05, 4.69) is 21.6 Å². The molecule has 1 saturated heterocycles. The Bertz CT molecular complexity index is 1910. The Morgan fingerprint density at radius 3 is 2.24 bits per heavy atom. The Morgan fingerprint density at radius 1 is 1.04 bits per heavy atom. The number of rotatable bonds is 7. The van der Waals surface area contributed by atoms with Crippen LogP contribution in [0.15, 0.2) is 24.8 Å². The molecule has 51 heavy (non-hydrogen) atoms. The van der Waals surface area contributed by atoms with E-state index in [4.69, 9.17) is 14.6 Å². The molecule has 4 atom stereocenters. The van der Waals surface area contributed by atoms with Crippen molar-refractivity contribution in [1.82, 2.24) is 19.7 Å². The zero-order valence-corrected chi connectivity index (χ0v) is 29.7. The molecule has 2 amide bonds. The van der Waals surface area contributed by atoms with Crippen LogP contribution in [-0.4, -0.2) is 62.0 Å². The van der Waals surface area contributed by atoms with Crippen molar-refractivity contribution < 1.29 is 45.8 Å². The van der Waals surface area contributed by atoms with Crippen LogP contribution in [0.4, 0.5) is 37.2 Å². The van der Waals surface area contributed by atoms with E-state index < -0.39 is 58.4 Å². The minimum atomic E-state index is -5.33. The van der Waals surface area contributed by atoms with Crippen molar-refractivity contribution in [2.45, 2.75) is 110 Å². The van der Waals surface area contributed by atoms with Crippen molar-refractivity contribution in [3.05, 3.63) is 47.8 Å². The lowest BCUT2D eigenvalue weighted by Crippen LogP contribution is -2.41. The first-order chi connectivity index (χ1) is 23.6. The number of hydrogen-bond donors (Lipinski definition) is 1. The number of likely N-dealkylation sites (tertiary alicyclic amines) is 1. The van der Waals surface area contributed by atoms with Gasteiger partial charge >= 0.3 is 18.5 Å². The summed E-state index contributed by atoms with van der Waals surface area (Å²) in [6, 6.07) is 1.07. The number of hydrogen-bond acceptors (Lipinski definition) is 7. The number of ether oxygens (including phenoxy) is 3. The van der Waals surface area contributed by atoms with Crippen molar-refractivity contribution in [1.29, 1.82) is 0 Å². The van der Waals surface area contributed by atoms with Crippen LogP contribution in [0.5, 0.6) is 5.75 Å². The first-order valence-electron chi connectivity index (χ1n) is 16.9. The maximum atomic E-state index is 17.1. The second-order valence-electron chi connectivity index (χ2n) is 15.7. The van der Waals surface area contributed by atoms with Crippen LogP contribution in [0, 0.1) is 23.5 Å². The average Bonchev–Trinajstić information content (AvgIpc) is 3.87. The zero-order chi connectivity index (χ0) is 37.5. The highest BCUT2D eigenvalue weighted by molar-refractivity contribution is 5.92. The molecule has 1 aromatic carbocycles. The molecule has 0 unspecified atom stereocenters. The van der Waals surface area contributed by atoms with E-state index in [0.717, 1.165) is 6.07 Å². The number of carbonyl (C=O) groups excluding carboxylic acids is 2. The molecule has 0 radical (unpaired) electrons. The summed E-state index contributed by atoms with van der Waals surface area (Å²) in [4.78, 5) is 31.8. The van der Waals surface area contributed by atoms with E-state index >= 15 is 8.78 Å². The van der Waals surface area contributed by atoms with Gasteiger partial charge in [0.2, 0.25) is 0 Å². The van der Waals surface area contributed by atoms with Crippen molar-refractivity contribution in [3.8, 4) is 17.0 Å². The highest BCUT2D eigenvalue weighted by atomic mass is 19.4. The van der Waals surface area contributed by atoms with Gasteiger partial charge in [-0.2, -0.15) is 5.10 Å². The molecule has 3 heterocycles. The summed E-state index contributed by atoms with van der Waals surface area (Å²) >= 11 is 0. The Kier molecular flexibility index (Phi) is 8.81. The number of aromatic nitrogens is 3. The lowest BCUT2D eigenvalue weighted by atomic mass is 9.97. The van der Waals surface area contributed by atoms with Crippen molar-refractivity contribution in [2.75, 3.05) is 11.9 Å². The van der Waals surface area contributed by atoms with Crippen molar-refractivity contribution in [3.63, 3.8) is 0 Å². The fourth-order valence-electron chi connectivity index (χ4n) is 6.99. The van der Waals surface area contributed by atoms with E-state index in [1.54, 1.807) is 71.0 Å². The third kappa shape index (κ3) is 7.21. The monoisotopic (exact) mass is 719 g/mol. The zero-order valence-electron chi connectivity index (χ0n) is 29.7. The summed E-state index contributed by atoms with van der Waals surface area (Å²) < 4.78 is 90.0. The first-order valence-corrected chi connectivity index (χ1v) is 16.9. The Hall–Kier alpha value is -4.43. The van der Waals surface area contributed by atoms with Crippen LogP contribution in [0.25, 0.3) is 22.2 Å². The number of alkyl halides is 3. The van der Waals surface area contributed by atoms with Gasteiger partial charge in [0.05, 0.1) is 29.0 Å². The van der Waals surface area contributed by atoms with Gasteiger partial charge in [-0.15, -0.1) is 19.8 Å². The molecule has 2 aromatic heterocycles. The number of benzene rings is 1. The highest BCUT2D eigenvalue weighted by Crippen LogP contribution is 2.63. The van der Waals surface area contributed by atoms with Gasteiger partial charge in [0.1, 0.15) is 22.4 Å². The number of amides is 2. The van der Waals surface area contributed by atoms with Crippen molar-refractivity contribution >= 4 is 28.8 Å². The fourth-order valence-corrected chi connectivity index (χ4v) is 6.99. The highest BCUT2D eigenvalue weighted by Gasteiger charge is 2.64. The lowest BCUT2D eigenvalue weighted by molar-refractivity contribution is -0.275. The largest absolute Gasteiger partial charge is 0.573 e. The van der Waals surface area contributed by atoms with Crippen molar-refractivity contribution in [2.24, 2.45) is 11.8 Å². The first kappa shape index (κ1) is 36.4. The second kappa shape index (κ2) is 12.4. The topological polar surface area (TPSA) is 108 Å². The number of piperidine rings is 1. The quantitative estimate of drug-likeness (QED) is 0.192. The minimum Gasteiger partial charge on any atom is -0.444 e. The third-order valence-electron chi connectivity index (χ3n) is 9.02. The molecule has 2 aliphatic carbocycles. The summed E-state index contributed by atoms with van der Waals surface area (Å²) in [6.45, 7) is 18.1. The molecule has 0 spiro atoms. The van der Waals surface area contributed by atoms with Gasteiger partial charge in [0.15, 0.2) is 17.4 Å². The van der Waals surface area contributed by atoms with Gasteiger partial charge in [-0.1, -0.05) is 19.9 Å². The van der Waals surface area contributed by atoms with E-state index in [1.165, 1.54) is 0 Å². The maximum Gasteiger partial charge on any atom is 0.573 e. The molecule has 2 saturated carbocycles. The average molecular weight is 720 g/mol. The number of carbonyl (C=O) groups is 2. The number of nitrogens with zero attached hydrogens (tertiary/aromatic N) is 4. The van der Waals surface area contributed by atoms with Gasteiger partial charge in [0, 0.05) is 29.6 Å². The van der Waals surface area contributed by atoms with Crippen LogP contribution in [-0.2, 0) is 9.47 Å². The van der Waals surface area contributed by atoms with Gasteiger partial charge in [-0.25, -0.2) is 23.4 Å². The van der Waals surface area contributed by atoms with E-state index in [1.807, 2.05) is 0 Å². The normalized spacial score (nSPS) is 21.9. The maximum absolute atomic E-state index is 17.1. The fraction of sp³-hybridized carbons (Fsp3) is 0.556. The van der Waals surface area contributed by atoms with Crippen LogP contribution in [0.2, 0.25) is 0 Å². The predicted octanol–water partition coefficient (Wildman–Crippen LogP) is 9.22. The summed E-state index contributed by atoms with van der Waals surface area (Å²) in [5.41, 5.74) is -2.22. The van der Waals surface area contributed by atoms with Crippen LogP contribution in [0.3, 0.4) is 0 Å². The standard InChI is InChI=1S/C36H42F5N5O5/c1-10-22-23-20(15-45(22)33(48)51-35(7,8)9)24(23)29-25-27(16(2)3)43-28(26(38)30(25)46(44-29)18-11-12-18)19-13-17(42-32(47)50-34(4,5)6)14-21(37)31(19)49-36(39,40)41/h10,13-14,16,18,20,22-24H,1,11-12,15H2,2-9H3,(H,42,47)/t20-,22+,23-,24+/m0/s1. The molecule has 1 N–H and O–H groups in total. The molecule has 3 aliphatic rings. The third-order valence-corrected chi connectivity index (χ3v) is 9.02. The number of nitrogens with one attached hydrogen (secondary N) is 1. The Labute approximate surface area is 292 Å². The Morgan fingerprint density at radius 2 is 1.69 bits per heavy atom. The summed E-state index contributed by atoms with van der Waals surface area (Å²) in [5.74, 6) is -4.47. The number of anilines is 1. The molecule has 0 bridgehead atoms. The predicted molar refractivity (Wildman–Crippen MR) is 178 cm³/mol. The molecule has 276 valence electrons. The smallest absolute Gasteiger partial charge is 0.444 e. The number of halogens is 5. The van der Waals surface area contributed by atoms with E-state index in [-0.39, 0.29) is 47.0 Å². The summed E-state index contributed by atoms with van der Waals surface area (Å²) in [5, 5.41) is 7.67. The van der Waals surface area contributed by atoms with Gasteiger partial charge in [-0.05, 0) is 78.2 Å². The van der Waals surface area contributed by atoms with Gasteiger partial charge in [-0.3, -0.25) is 10.00 Å². The van der Waals surface area contributed by atoms with Crippen LogP contribution < -0.4 is 10.1 Å². The molecule has 1 aliphatic heterocycles. The SMILES string of the molecule is C=C[C@@H]1[C@@H]2[C@H](CN1C(=O)OC(C)(C)C)[C@H]2c1nn(C2CC2)c2c(F)c(-c3cc(NC(=O)OC(C)(C)C)cc(F)c3OC(F)(F)F)nc(C(C)C)c12. The molecule has 3 fully saturated rings. The second-order valence-corrected chi connectivity index (χ2v) is 15.7. The minimum absolute atomic E-state index is 0.0227. The van der Waals surface area contributed by atoms with Crippen LogP contribution in [0.1, 0.15) is 97.5 Å². The van der Waals surface area contributed by atoms with Gasteiger partial charge in [0.25, 0.3) is 0 Å².